The monoisotopic (exact) mass is 975 g/mol. The second kappa shape index (κ2) is 42.3. The predicted octanol–water partition coefficient (Wildman–Crippen LogP) is 9.02. The maximum atomic E-state index is 13.0. The molecule has 0 bridgehead atoms. The largest absolute Gasteiger partial charge is 0.457 e. The van der Waals surface area contributed by atoms with Gasteiger partial charge in [0.15, 0.2) is 12.6 Å². The first-order chi connectivity index (χ1) is 33.1. The highest BCUT2D eigenvalue weighted by Crippen LogP contribution is 2.27. The van der Waals surface area contributed by atoms with Crippen LogP contribution in [-0.2, 0) is 33.2 Å². The molecule has 2 aliphatic heterocycles. The minimum absolute atomic E-state index is 0.0643. The van der Waals surface area contributed by atoms with Crippen molar-refractivity contribution in [2.45, 2.75) is 293 Å². The number of unbranched alkanes of at least 4 members (excludes halogenated alkanes) is 29. The van der Waals surface area contributed by atoms with Crippen molar-refractivity contribution in [2.24, 2.45) is 0 Å². The molecule has 14 nitrogen and oxygen atoms in total. The number of rotatable bonds is 45. The van der Waals surface area contributed by atoms with Gasteiger partial charge < -0.3 is 64.2 Å². The van der Waals surface area contributed by atoms with Crippen molar-refractivity contribution in [2.75, 3.05) is 33.0 Å². The maximum absolute atomic E-state index is 13.0. The third-order valence-electron chi connectivity index (χ3n) is 13.5. The van der Waals surface area contributed by atoms with Gasteiger partial charge in [-0.05, 0) is 38.5 Å². The van der Waals surface area contributed by atoms with Crippen LogP contribution in [0, 0.1) is 0 Å². The Morgan fingerprint density at radius 2 is 0.868 bits per heavy atom. The maximum Gasteiger partial charge on any atom is 0.306 e. The molecule has 2 saturated heterocycles. The number of aliphatic hydroxyl groups excluding tert-OH is 7. The Morgan fingerprint density at radius 3 is 1.34 bits per heavy atom. The van der Waals surface area contributed by atoms with E-state index >= 15 is 0 Å². The van der Waals surface area contributed by atoms with Gasteiger partial charge in [-0.1, -0.05) is 193 Å². The fraction of sp³-hybridized carbons (Fsp3) is 0.944. The second-order valence-corrected chi connectivity index (χ2v) is 19.8. The van der Waals surface area contributed by atoms with Crippen LogP contribution in [-0.4, -0.2) is 142 Å². The topological polar surface area (TPSA) is 214 Å². The van der Waals surface area contributed by atoms with Crippen molar-refractivity contribution in [3.8, 4) is 0 Å². The lowest BCUT2D eigenvalue weighted by Gasteiger charge is -2.42. The Balaban J connectivity index is 1.72. The normalized spacial score (nSPS) is 25.9. The molecule has 2 aliphatic rings. The van der Waals surface area contributed by atoms with Crippen molar-refractivity contribution < 1.29 is 69.0 Å². The van der Waals surface area contributed by atoms with Gasteiger partial charge in [-0.15, -0.1) is 0 Å². The summed E-state index contributed by atoms with van der Waals surface area (Å²) in [4.78, 5) is 13.0. The minimum atomic E-state index is -1.70. The van der Waals surface area contributed by atoms with Crippen LogP contribution in [0.4, 0.5) is 0 Å². The zero-order valence-corrected chi connectivity index (χ0v) is 42.9. The van der Waals surface area contributed by atoms with E-state index in [1.165, 1.54) is 141 Å². The van der Waals surface area contributed by atoms with Gasteiger partial charge in [-0.3, -0.25) is 4.79 Å². The van der Waals surface area contributed by atoms with E-state index in [4.69, 9.17) is 28.4 Å². The van der Waals surface area contributed by atoms with E-state index in [2.05, 4.69) is 26.0 Å². The highest BCUT2D eigenvalue weighted by Gasteiger charge is 2.47. The Kier molecular flexibility index (Phi) is 39.1. The number of aliphatic hydroxyl groups is 7. The van der Waals surface area contributed by atoms with Crippen LogP contribution in [0.25, 0.3) is 0 Å². The average Bonchev–Trinajstić information content (AvgIpc) is 3.33. The van der Waals surface area contributed by atoms with E-state index in [1.807, 2.05) is 0 Å². The molecule has 7 N–H and O–H groups in total. The molecule has 11 unspecified atom stereocenters. The van der Waals surface area contributed by atoms with E-state index in [9.17, 15) is 40.5 Å². The lowest BCUT2D eigenvalue weighted by Crippen LogP contribution is -2.61. The SMILES string of the molecule is CCCCCCC/C=C\CCCCCCCC(=O)OC(COCCCCCCCCCCCCCCCCCCCCCC)COC1OC(COC2OC(CO)C(O)C(O)C2O)C(O)C(O)C1O. The predicted molar refractivity (Wildman–Crippen MR) is 266 cm³/mol. The Morgan fingerprint density at radius 1 is 0.471 bits per heavy atom. The third kappa shape index (κ3) is 29.3. The summed E-state index contributed by atoms with van der Waals surface area (Å²) < 4.78 is 34.3. The lowest BCUT2D eigenvalue weighted by atomic mass is 9.98. The molecule has 0 amide bonds. The second-order valence-electron chi connectivity index (χ2n) is 19.8. The summed E-state index contributed by atoms with van der Waals surface area (Å²) in [5, 5.41) is 72.2. The molecule has 0 aromatic rings. The smallest absolute Gasteiger partial charge is 0.306 e. The van der Waals surface area contributed by atoms with Crippen molar-refractivity contribution in [1.82, 2.24) is 0 Å². The molecular formula is C54H102O14. The highest BCUT2D eigenvalue weighted by atomic mass is 16.7. The number of hydrogen-bond donors (Lipinski definition) is 7. The van der Waals surface area contributed by atoms with Crippen LogP contribution in [0.15, 0.2) is 12.2 Å². The third-order valence-corrected chi connectivity index (χ3v) is 13.5. The summed E-state index contributed by atoms with van der Waals surface area (Å²) in [6.45, 7) is 3.71. The first-order valence-corrected chi connectivity index (χ1v) is 27.8. The van der Waals surface area contributed by atoms with E-state index in [0.29, 0.717) is 13.0 Å². The van der Waals surface area contributed by atoms with Gasteiger partial charge in [-0.25, -0.2) is 0 Å². The van der Waals surface area contributed by atoms with Crippen molar-refractivity contribution in [3.05, 3.63) is 12.2 Å². The quantitative estimate of drug-likeness (QED) is 0.0172. The lowest BCUT2D eigenvalue weighted by molar-refractivity contribution is -0.332. The average molecular weight is 975 g/mol. The van der Waals surface area contributed by atoms with Crippen LogP contribution in [0.5, 0.6) is 0 Å². The van der Waals surface area contributed by atoms with Gasteiger partial charge in [0.2, 0.25) is 0 Å². The van der Waals surface area contributed by atoms with Crippen LogP contribution in [0.3, 0.4) is 0 Å². The molecule has 0 aliphatic carbocycles. The summed E-state index contributed by atoms with van der Waals surface area (Å²) in [5.41, 5.74) is 0. The molecule has 0 radical (unpaired) electrons. The summed E-state index contributed by atoms with van der Waals surface area (Å²) >= 11 is 0. The standard InChI is InChI=1S/C54H102O14/c1-3-5-7-9-11-13-15-17-19-20-21-22-23-24-26-28-30-32-34-36-38-63-40-43(66-46(56)37-35-33-31-29-27-25-18-16-14-12-10-8-6-4-2)41-64-53-52(62)50(60)48(58)45(68-53)42-65-54-51(61)49(59)47(57)44(39-55)67-54/h16,18,43-45,47-55,57-62H,3-15,17,19-42H2,1-2H3/b18-16-. The number of ether oxygens (including phenoxy) is 6. The number of carbonyl (C=O) groups excluding carboxylic acids is 1. The Hall–Kier alpha value is -1.27. The molecule has 68 heavy (non-hydrogen) atoms. The molecule has 0 spiro atoms. The summed E-state index contributed by atoms with van der Waals surface area (Å²) in [6, 6.07) is 0. The fourth-order valence-electron chi connectivity index (χ4n) is 8.99. The summed E-state index contributed by atoms with van der Waals surface area (Å²) in [7, 11) is 0. The van der Waals surface area contributed by atoms with Gasteiger partial charge in [0, 0.05) is 13.0 Å². The Bertz CT molecular complexity index is 1180. The highest BCUT2D eigenvalue weighted by molar-refractivity contribution is 5.69. The van der Waals surface area contributed by atoms with E-state index in [-0.39, 0.29) is 25.6 Å². The first kappa shape index (κ1) is 62.8. The van der Waals surface area contributed by atoms with Crippen molar-refractivity contribution in [3.63, 3.8) is 0 Å². The first-order valence-electron chi connectivity index (χ1n) is 27.8. The van der Waals surface area contributed by atoms with E-state index in [0.717, 1.165) is 57.8 Å². The molecule has 402 valence electrons. The summed E-state index contributed by atoms with van der Waals surface area (Å²) in [5.74, 6) is -0.380. The van der Waals surface area contributed by atoms with Gasteiger partial charge in [0.1, 0.15) is 54.9 Å². The van der Waals surface area contributed by atoms with Crippen molar-refractivity contribution in [1.29, 1.82) is 0 Å². The number of carbonyl (C=O) groups is 1. The molecule has 0 aromatic heterocycles. The zero-order valence-electron chi connectivity index (χ0n) is 42.9. The molecule has 2 heterocycles. The molecule has 11 atom stereocenters. The van der Waals surface area contributed by atoms with Crippen LogP contribution in [0.1, 0.15) is 226 Å². The fourth-order valence-corrected chi connectivity index (χ4v) is 8.99. The molecule has 0 saturated carbocycles. The number of hydrogen-bond acceptors (Lipinski definition) is 14. The van der Waals surface area contributed by atoms with Crippen LogP contribution < -0.4 is 0 Å². The van der Waals surface area contributed by atoms with Crippen molar-refractivity contribution >= 4 is 5.97 Å². The molecule has 14 heteroatoms. The number of allylic oxidation sites excluding steroid dienone is 2. The van der Waals surface area contributed by atoms with E-state index < -0.39 is 80.7 Å². The number of esters is 1. The van der Waals surface area contributed by atoms with Crippen LogP contribution in [0.2, 0.25) is 0 Å². The molecular weight excluding hydrogens is 873 g/mol. The van der Waals surface area contributed by atoms with E-state index in [1.54, 1.807) is 0 Å². The van der Waals surface area contributed by atoms with Gasteiger partial charge in [-0.2, -0.15) is 0 Å². The minimum Gasteiger partial charge on any atom is -0.457 e. The zero-order chi connectivity index (χ0) is 49.5. The molecule has 0 aromatic carbocycles. The molecule has 2 rings (SSSR count). The van der Waals surface area contributed by atoms with Gasteiger partial charge in [0.05, 0.1) is 26.4 Å². The molecule has 2 fully saturated rings. The van der Waals surface area contributed by atoms with Crippen LogP contribution >= 0.6 is 0 Å². The summed E-state index contributed by atoms with van der Waals surface area (Å²) in [6.07, 6.45) is 28.5. The Labute approximate surface area is 412 Å². The van der Waals surface area contributed by atoms with Gasteiger partial charge in [0.25, 0.3) is 0 Å². The van der Waals surface area contributed by atoms with Gasteiger partial charge >= 0.3 is 5.97 Å².